The third-order valence-electron chi connectivity index (χ3n) is 3.38. The molecule has 132 valence electrons. The molecular weight excluding hydrogens is 300 g/mol. The molecule has 0 spiro atoms. The highest BCUT2D eigenvalue weighted by Gasteiger charge is 2.31. The lowest BCUT2D eigenvalue weighted by Gasteiger charge is -2.30. The SMILES string of the molecule is C=CCOC(=O)N(C)C(C)C(=O)N(C)C(C)C(=O)OCC(C)C. The fraction of sp³-hybridized carbons (Fsp3) is 0.688. The number of carbonyl (C=O) groups is 3. The zero-order chi connectivity index (χ0) is 18.2. The molecular formula is C16H28N2O5. The van der Waals surface area contributed by atoms with Crippen molar-refractivity contribution < 1.29 is 23.9 Å². The maximum atomic E-state index is 12.4. The number of carbonyl (C=O) groups excluding carboxylic acids is 3. The molecule has 2 unspecified atom stereocenters. The smallest absolute Gasteiger partial charge is 0.410 e. The van der Waals surface area contributed by atoms with Crippen LogP contribution in [0.2, 0.25) is 0 Å². The number of hydrogen-bond acceptors (Lipinski definition) is 5. The van der Waals surface area contributed by atoms with Crippen LogP contribution in [-0.4, -0.2) is 67.2 Å². The lowest BCUT2D eigenvalue weighted by Crippen LogP contribution is -2.51. The van der Waals surface area contributed by atoms with Crippen molar-refractivity contribution in [1.82, 2.24) is 9.80 Å². The average molecular weight is 328 g/mol. The highest BCUT2D eigenvalue weighted by molar-refractivity contribution is 5.89. The van der Waals surface area contributed by atoms with Gasteiger partial charge in [0.2, 0.25) is 5.91 Å². The summed E-state index contributed by atoms with van der Waals surface area (Å²) in [6.45, 7) is 10.8. The van der Waals surface area contributed by atoms with E-state index in [4.69, 9.17) is 9.47 Å². The number of ether oxygens (including phenoxy) is 2. The molecule has 7 heteroatoms. The van der Waals surface area contributed by atoms with Crippen LogP contribution in [0, 0.1) is 5.92 Å². The molecule has 0 radical (unpaired) electrons. The van der Waals surface area contributed by atoms with Crippen molar-refractivity contribution in [2.45, 2.75) is 39.8 Å². The van der Waals surface area contributed by atoms with Gasteiger partial charge in [0.25, 0.3) is 0 Å². The summed E-state index contributed by atoms with van der Waals surface area (Å²) in [4.78, 5) is 38.5. The minimum atomic E-state index is -0.766. The molecule has 0 fully saturated rings. The maximum Gasteiger partial charge on any atom is 0.410 e. The summed E-state index contributed by atoms with van der Waals surface area (Å²) in [5.74, 6) is -0.632. The van der Waals surface area contributed by atoms with E-state index in [2.05, 4.69) is 6.58 Å². The Morgan fingerprint density at radius 2 is 1.57 bits per heavy atom. The van der Waals surface area contributed by atoms with E-state index in [9.17, 15) is 14.4 Å². The summed E-state index contributed by atoms with van der Waals surface area (Å²) in [6.07, 6.45) is 0.811. The normalized spacial score (nSPS) is 13.0. The van der Waals surface area contributed by atoms with Crippen LogP contribution in [0.15, 0.2) is 12.7 Å². The van der Waals surface area contributed by atoms with E-state index in [1.165, 1.54) is 30.0 Å². The Kier molecular flexibility index (Phi) is 8.98. The lowest BCUT2D eigenvalue weighted by atomic mass is 10.2. The van der Waals surface area contributed by atoms with Crippen molar-refractivity contribution in [2.75, 3.05) is 27.3 Å². The summed E-state index contributed by atoms with van der Waals surface area (Å²) < 4.78 is 10.0. The zero-order valence-electron chi connectivity index (χ0n) is 14.9. The first-order valence-corrected chi connectivity index (χ1v) is 7.57. The predicted molar refractivity (Wildman–Crippen MR) is 86.8 cm³/mol. The van der Waals surface area contributed by atoms with Gasteiger partial charge in [0.1, 0.15) is 18.7 Å². The maximum absolute atomic E-state index is 12.4. The fourth-order valence-electron chi connectivity index (χ4n) is 1.57. The van der Waals surface area contributed by atoms with Gasteiger partial charge in [-0.2, -0.15) is 0 Å². The van der Waals surface area contributed by atoms with Crippen molar-refractivity contribution in [3.05, 3.63) is 12.7 Å². The Balaban J connectivity index is 4.69. The van der Waals surface area contributed by atoms with E-state index < -0.39 is 24.1 Å². The van der Waals surface area contributed by atoms with Gasteiger partial charge in [-0.05, 0) is 19.8 Å². The quantitative estimate of drug-likeness (QED) is 0.500. The number of nitrogens with zero attached hydrogens (tertiary/aromatic N) is 2. The van der Waals surface area contributed by atoms with Gasteiger partial charge in [0.15, 0.2) is 0 Å². The second kappa shape index (κ2) is 9.86. The molecule has 0 N–H and O–H groups in total. The van der Waals surface area contributed by atoms with Crippen LogP contribution in [0.5, 0.6) is 0 Å². The van der Waals surface area contributed by atoms with Gasteiger partial charge in [-0.3, -0.25) is 9.69 Å². The number of rotatable bonds is 8. The van der Waals surface area contributed by atoms with Crippen LogP contribution in [0.4, 0.5) is 4.79 Å². The number of likely N-dealkylation sites (N-methyl/N-ethyl adjacent to an activating group) is 2. The largest absolute Gasteiger partial charge is 0.464 e. The van der Waals surface area contributed by atoms with Gasteiger partial charge in [-0.25, -0.2) is 9.59 Å². The van der Waals surface area contributed by atoms with Crippen molar-refractivity contribution in [3.63, 3.8) is 0 Å². The van der Waals surface area contributed by atoms with Crippen molar-refractivity contribution in [1.29, 1.82) is 0 Å². The first-order valence-electron chi connectivity index (χ1n) is 7.57. The molecule has 0 bridgehead atoms. The Morgan fingerprint density at radius 1 is 1.00 bits per heavy atom. The summed E-state index contributed by atoms with van der Waals surface area (Å²) in [6, 6.07) is -1.50. The standard InChI is InChI=1S/C16H28N2O5/c1-8-9-22-16(21)18(7)12(4)14(19)17(6)13(5)15(20)23-10-11(2)3/h8,11-13H,1,9-10H2,2-7H3. The highest BCUT2D eigenvalue weighted by Crippen LogP contribution is 2.08. The molecule has 0 aliphatic carbocycles. The molecule has 0 rings (SSSR count). The van der Waals surface area contributed by atoms with E-state index in [0.717, 1.165) is 0 Å². The Hall–Kier alpha value is -2.05. The average Bonchev–Trinajstić information content (AvgIpc) is 2.53. The first-order chi connectivity index (χ1) is 10.6. The summed E-state index contributed by atoms with van der Waals surface area (Å²) in [5.41, 5.74) is 0. The molecule has 2 amide bonds. The Morgan fingerprint density at radius 3 is 2.04 bits per heavy atom. The molecule has 0 aromatic carbocycles. The summed E-state index contributed by atoms with van der Waals surface area (Å²) in [5, 5.41) is 0. The first kappa shape index (κ1) is 20.9. The van der Waals surface area contributed by atoms with Crippen molar-refractivity contribution in [3.8, 4) is 0 Å². The van der Waals surface area contributed by atoms with E-state index in [0.29, 0.717) is 6.61 Å². The van der Waals surface area contributed by atoms with Gasteiger partial charge in [0.05, 0.1) is 6.61 Å². The van der Waals surface area contributed by atoms with Crippen LogP contribution in [0.1, 0.15) is 27.7 Å². The molecule has 23 heavy (non-hydrogen) atoms. The third-order valence-corrected chi connectivity index (χ3v) is 3.38. The van der Waals surface area contributed by atoms with Crippen LogP contribution in [0.3, 0.4) is 0 Å². The number of esters is 1. The van der Waals surface area contributed by atoms with Gasteiger partial charge in [0, 0.05) is 14.1 Å². The second-order valence-electron chi connectivity index (χ2n) is 5.80. The molecule has 0 aromatic rings. The topological polar surface area (TPSA) is 76.2 Å². The molecule has 0 saturated heterocycles. The summed E-state index contributed by atoms with van der Waals surface area (Å²) >= 11 is 0. The van der Waals surface area contributed by atoms with E-state index in [1.54, 1.807) is 13.8 Å². The van der Waals surface area contributed by atoms with Crippen LogP contribution in [0.25, 0.3) is 0 Å². The number of hydrogen-bond donors (Lipinski definition) is 0. The molecule has 0 aromatic heterocycles. The zero-order valence-corrected chi connectivity index (χ0v) is 14.9. The molecule has 0 saturated carbocycles. The van der Waals surface area contributed by atoms with Crippen molar-refractivity contribution >= 4 is 18.0 Å². The van der Waals surface area contributed by atoms with Crippen molar-refractivity contribution in [2.24, 2.45) is 5.92 Å². The van der Waals surface area contributed by atoms with E-state index >= 15 is 0 Å². The van der Waals surface area contributed by atoms with Crippen LogP contribution >= 0.6 is 0 Å². The minimum absolute atomic E-state index is 0.0673. The molecule has 0 aliphatic heterocycles. The summed E-state index contributed by atoms with van der Waals surface area (Å²) in [7, 11) is 2.96. The van der Waals surface area contributed by atoms with E-state index in [1.807, 2.05) is 13.8 Å². The van der Waals surface area contributed by atoms with Gasteiger partial charge in [-0.15, -0.1) is 0 Å². The molecule has 0 heterocycles. The number of amides is 2. The monoisotopic (exact) mass is 328 g/mol. The fourth-order valence-corrected chi connectivity index (χ4v) is 1.57. The Bertz CT molecular complexity index is 436. The third kappa shape index (κ3) is 6.71. The Labute approximate surface area is 138 Å². The van der Waals surface area contributed by atoms with Crippen LogP contribution in [-0.2, 0) is 19.1 Å². The van der Waals surface area contributed by atoms with Gasteiger partial charge >= 0.3 is 12.1 Å². The second-order valence-corrected chi connectivity index (χ2v) is 5.80. The molecule has 7 nitrogen and oxygen atoms in total. The molecule has 2 atom stereocenters. The van der Waals surface area contributed by atoms with Gasteiger partial charge < -0.3 is 14.4 Å². The van der Waals surface area contributed by atoms with Gasteiger partial charge in [-0.1, -0.05) is 26.5 Å². The van der Waals surface area contributed by atoms with E-state index in [-0.39, 0.29) is 18.4 Å². The highest BCUT2D eigenvalue weighted by atomic mass is 16.6. The molecule has 0 aliphatic rings. The minimum Gasteiger partial charge on any atom is -0.464 e. The van der Waals surface area contributed by atoms with Crippen LogP contribution < -0.4 is 0 Å². The lowest BCUT2D eigenvalue weighted by molar-refractivity contribution is -0.155. The predicted octanol–water partition coefficient (Wildman–Crippen LogP) is 1.68.